The molecular weight excluding hydrogens is 697 g/mol. The molecule has 0 N–H and O–H groups in total. The Balaban J connectivity index is 1.61. The number of rotatable bonds is 15. The summed E-state index contributed by atoms with van der Waals surface area (Å²) in [5.74, 6) is 0.895. The van der Waals surface area contributed by atoms with E-state index >= 15 is 0 Å². The number of carbonyl (C=O) groups is 1. The smallest absolute Gasteiger partial charge is 0.344 e. The lowest BCUT2D eigenvalue weighted by atomic mass is 9.81. The average molecular weight is 765 g/mol. The van der Waals surface area contributed by atoms with Crippen molar-refractivity contribution in [3.8, 4) is 5.75 Å². The van der Waals surface area contributed by atoms with Crippen molar-refractivity contribution in [2.75, 3.05) is 0 Å². The van der Waals surface area contributed by atoms with Gasteiger partial charge in [-0.05, 0) is 78.6 Å². The first-order valence-corrected chi connectivity index (χ1v) is 25.9. The molecule has 2 fully saturated rings. The molecular formula is C44H68O7Si2. The van der Waals surface area contributed by atoms with Gasteiger partial charge in [-0.1, -0.05) is 106 Å². The van der Waals surface area contributed by atoms with Gasteiger partial charge in [0.2, 0.25) is 5.60 Å². The van der Waals surface area contributed by atoms with Gasteiger partial charge in [0, 0.05) is 23.3 Å². The van der Waals surface area contributed by atoms with Crippen LogP contribution in [-0.4, -0.2) is 46.5 Å². The lowest BCUT2D eigenvalue weighted by Crippen LogP contribution is -2.57. The summed E-state index contributed by atoms with van der Waals surface area (Å²) < 4.78 is 40.1. The van der Waals surface area contributed by atoms with E-state index in [0.717, 1.165) is 64.7 Å². The van der Waals surface area contributed by atoms with E-state index < -0.39 is 22.2 Å². The monoisotopic (exact) mass is 764 g/mol. The molecule has 0 amide bonds. The van der Waals surface area contributed by atoms with Crippen LogP contribution >= 0.6 is 0 Å². The highest BCUT2D eigenvalue weighted by Crippen LogP contribution is 2.53. The summed E-state index contributed by atoms with van der Waals surface area (Å²) in [6.45, 7) is 32.2. The fourth-order valence-electron chi connectivity index (χ4n) is 7.30. The molecule has 2 aliphatic rings. The van der Waals surface area contributed by atoms with E-state index in [0.29, 0.717) is 25.6 Å². The van der Waals surface area contributed by atoms with Crippen LogP contribution in [-0.2, 0) is 42.8 Å². The van der Waals surface area contributed by atoms with Gasteiger partial charge >= 0.3 is 5.97 Å². The summed E-state index contributed by atoms with van der Waals surface area (Å²) in [4.78, 5) is 14.1. The lowest BCUT2D eigenvalue weighted by molar-refractivity contribution is -0.173. The van der Waals surface area contributed by atoms with Gasteiger partial charge in [0.25, 0.3) is 0 Å². The Morgan fingerprint density at radius 1 is 0.943 bits per heavy atom. The first-order chi connectivity index (χ1) is 24.7. The van der Waals surface area contributed by atoms with Crippen LogP contribution < -0.4 is 4.74 Å². The summed E-state index contributed by atoms with van der Waals surface area (Å²) in [5, 5.41) is 1.08. The van der Waals surface area contributed by atoms with E-state index in [1.54, 1.807) is 0 Å². The molecule has 3 aromatic rings. The fraction of sp³-hybridized carbons (Fsp3) is 0.659. The van der Waals surface area contributed by atoms with Crippen LogP contribution in [0.1, 0.15) is 123 Å². The van der Waals surface area contributed by atoms with Crippen molar-refractivity contribution >= 4 is 33.6 Å². The van der Waals surface area contributed by atoms with Crippen LogP contribution in [0.4, 0.5) is 0 Å². The van der Waals surface area contributed by atoms with Gasteiger partial charge in [-0.25, -0.2) is 4.79 Å². The molecule has 0 saturated carbocycles. The van der Waals surface area contributed by atoms with Crippen molar-refractivity contribution in [2.45, 2.75) is 181 Å². The maximum atomic E-state index is 14.1. The Bertz CT molecular complexity index is 1720. The van der Waals surface area contributed by atoms with E-state index in [2.05, 4.69) is 114 Å². The summed E-state index contributed by atoms with van der Waals surface area (Å²) in [6.07, 6.45) is 4.93. The van der Waals surface area contributed by atoms with E-state index in [9.17, 15) is 4.79 Å². The zero-order chi connectivity index (χ0) is 39.1. The third-order valence-corrected chi connectivity index (χ3v) is 21.5. The zero-order valence-electron chi connectivity index (χ0n) is 35.2. The van der Waals surface area contributed by atoms with Crippen molar-refractivity contribution in [1.82, 2.24) is 0 Å². The summed E-state index contributed by atoms with van der Waals surface area (Å²) in [7, 11) is -4.38. The molecule has 0 bridgehead atoms. The molecule has 7 nitrogen and oxygen atoms in total. The number of hydrogen-bond donors (Lipinski definition) is 0. The van der Waals surface area contributed by atoms with Crippen LogP contribution in [0.5, 0.6) is 5.75 Å². The van der Waals surface area contributed by atoms with Gasteiger partial charge in [-0.3, -0.25) is 0 Å². The average Bonchev–Trinajstić information content (AvgIpc) is 3.66. The van der Waals surface area contributed by atoms with Crippen LogP contribution in [0.2, 0.25) is 36.3 Å². The molecule has 0 radical (unpaired) electrons. The summed E-state index contributed by atoms with van der Waals surface area (Å²) >= 11 is 0. The van der Waals surface area contributed by atoms with Crippen molar-refractivity contribution in [3.05, 3.63) is 64.9 Å². The normalized spacial score (nSPS) is 23.2. The Morgan fingerprint density at radius 3 is 2.17 bits per heavy atom. The van der Waals surface area contributed by atoms with Crippen molar-refractivity contribution in [3.63, 3.8) is 0 Å². The Hall–Kier alpha value is -2.44. The number of epoxide rings is 1. The van der Waals surface area contributed by atoms with Crippen LogP contribution in [0.15, 0.2) is 47.1 Å². The van der Waals surface area contributed by atoms with Gasteiger partial charge in [0.05, 0.1) is 24.5 Å². The van der Waals surface area contributed by atoms with Gasteiger partial charge in [0.1, 0.15) is 30.1 Å². The third-order valence-electron chi connectivity index (χ3n) is 12.6. The van der Waals surface area contributed by atoms with Gasteiger partial charge in [-0.2, -0.15) is 0 Å². The number of carbonyl (C=O) groups excluding carboxylic acids is 1. The second-order valence-corrected chi connectivity index (χ2v) is 28.6. The predicted octanol–water partition coefficient (Wildman–Crippen LogP) is 11.9. The number of fused-ring (bicyclic) bond motifs is 1. The molecule has 2 aliphatic heterocycles. The highest BCUT2D eigenvalue weighted by Gasteiger charge is 2.71. The largest absolute Gasteiger partial charge is 0.488 e. The maximum absolute atomic E-state index is 14.1. The lowest BCUT2D eigenvalue weighted by Gasteiger charge is -2.44. The standard InChI is InChI=1S/C44H68O7Si2/c1-15-20-32(36-25-38(51-53(13,14)43(8,9)10)44(41(45)49-36)37(16-2)50-44)34-27-47-40-33(34)24-31(23-29(3)4)39(46-26-30-21-18-17-19-22-30)35(40)28-48-52(11,12)42(5,6)7/h17-19,21-22,24,27,29,32,36-38H,15-16,20,23,25-26,28H2,1-14H3. The quantitative estimate of drug-likeness (QED) is 0.0866. The van der Waals surface area contributed by atoms with Gasteiger partial charge in [-0.15, -0.1) is 0 Å². The minimum atomic E-state index is -2.24. The number of ether oxygens (including phenoxy) is 3. The number of cyclic esters (lactones) is 1. The second-order valence-electron chi connectivity index (χ2n) is 19.1. The number of esters is 1. The van der Waals surface area contributed by atoms with E-state index in [1.165, 1.54) is 0 Å². The molecule has 3 heterocycles. The topological polar surface area (TPSA) is 79.7 Å². The number of hydrogen-bond acceptors (Lipinski definition) is 7. The van der Waals surface area contributed by atoms with Crippen molar-refractivity contribution in [1.29, 1.82) is 0 Å². The Morgan fingerprint density at radius 2 is 1.60 bits per heavy atom. The molecule has 2 saturated heterocycles. The Kier molecular flexibility index (Phi) is 12.3. The zero-order valence-corrected chi connectivity index (χ0v) is 37.2. The molecule has 5 rings (SSSR count). The number of benzene rings is 2. The van der Waals surface area contributed by atoms with Crippen molar-refractivity contribution in [2.24, 2.45) is 5.92 Å². The molecule has 2 aromatic carbocycles. The first-order valence-electron chi connectivity index (χ1n) is 20.1. The number of furan rings is 1. The summed E-state index contributed by atoms with van der Waals surface area (Å²) in [6, 6.07) is 12.6. The highest BCUT2D eigenvalue weighted by atomic mass is 28.4. The molecule has 1 spiro atoms. The van der Waals surface area contributed by atoms with Crippen LogP contribution in [0.3, 0.4) is 0 Å². The molecule has 53 heavy (non-hydrogen) atoms. The second kappa shape index (κ2) is 15.6. The molecule has 9 heteroatoms. The van der Waals surface area contributed by atoms with Crippen LogP contribution in [0, 0.1) is 5.92 Å². The van der Waals surface area contributed by atoms with Gasteiger partial charge < -0.3 is 27.5 Å². The van der Waals surface area contributed by atoms with E-state index in [1.807, 2.05) is 24.5 Å². The Labute approximate surface area is 322 Å². The predicted molar refractivity (Wildman–Crippen MR) is 220 cm³/mol. The maximum Gasteiger partial charge on any atom is 0.344 e. The van der Waals surface area contributed by atoms with Crippen molar-refractivity contribution < 1.29 is 32.3 Å². The molecule has 294 valence electrons. The minimum Gasteiger partial charge on any atom is -0.488 e. The molecule has 0 aliphatic carbocycles. The van der Waals surface area contributed by atoms with E-state index in [4.69, 9.17) is 27.5 Å². The van der Waals surface area contributed by atoms with Gasteiger partial charge in [0.15, 0.2) is 16.6 Å². The SMILES string of the molecule is CCCC(c1coc2c(CO[Si](C)(C)C(C)(C)C)c(OCc3ccccc3)c(CC(C)C)cc12)C1CC(O[Si](C)(C)C(C)(C)C)C2(OC2CC)C(=O)O1. The molecule has 5 unspecified atom stereocenters. The highest BCUT2D eigenvalue weighted by molar-refractivity contribution is 6.74. The van der Waals surface area contributed by atoms with E-state index in [-0.39, 0.29) is 40.3 Å². The minimum absolute atomic E-state index is 0.0127. The third kappa shape index (κ3) is 8.54. The molecule has 1 aromatic heterocycles. The summed E-state index contributed by atoms with van der Waals surface area (Å²) in [5.41, 5.74) is 4.05. The molecule has 5 atom stereocenters. The fourth-order valence-corrected chi connectivity index (χ4v) is 9.58. The first kappa shape index (κ1) is 41.7. The van der Waals surface area contributed by atoms with Crippen LogP contribution in [0.25, 0.3) is 11.0 Å².